The Hall–Kier alpha value is -3.03. The van der Waals surface area contributed by atoms with Crippen LogP contribution < -0.4 is 5.32 Å². The number of carboxylic acid groups (broad SMARTS) is 1. The van der Waals surface area contributed by atoms with Crippen LogP contribution in [0, 0.1) is 12.7 Å². The largest absolute Gasteiger partial charge is 0.490 e. The van der Waals surface area contributed by atoms with Crippen LogP contribution in [-0.2, 0) is 26.2 Å². The summed E-state index contributed by atoms with van der Waals surface area (Å²) in [4.78, 5) is 23.5. The zero-order valence-corrected chi connectivity index (χ0v) is 19.6. The van der Waals surface area contributed by atoms with Crippen molar-refractivity contribution in [3.63, 3.8) is 0 Å². The van der Waals surface area contributed by atoms with Crippen LogP contribution in [0.2, 0.25) is 0 Å². The fraction of sp³-hybridized carbons (Fsp3) is 0.364. The van der Waals surface area contributed by atoms with Crippen LogP contribution >= 0.6 is 0 Å². The van der Waals surface area contributed by atoms with Gasteiger partial charge >= 0.3 is 12.1 Å². The Bertz CT molecular complexity index is 1120. The number of aryl methyl sites for hydroxylation is 1. The standard InChI is InChI=1S/C20H24FN3O3S.C2HF3O2/c1-16-4-2-3-5-19(16)28(26,27)24(14-17-6-8-18(21)9-7-17)15-20(25)23-12-10-22-11-13-23;3-2(4,5)1(6)7/h2-9,22H,10-15H2,1H3;(H,6,7). The molecule has 1 heterocycles. The molecule has 2 aromatic rings. The molecular formula is C22H25F4N3O5S. The van der Waals surface area contributed by atoms with Crippen LogP contribution in [0.4, 0.5) is 17.6 Å². The molecule has 0 unspecified atom stereocenters. The molecule has 0 aliphatic carbocycles. The second-order valence-electron chi connectivity index (χ2n) is 7.60. The van der Waals surface area contributed by atoms with E-state index >= 15 is 0 Å². The number of amides is 1. The minimum atomic E-state index is -5.08. The van der Waals surface area contributed by atoms with E-state index in [4.69, 9.17) is 9.90 Å². The lowest BCUT2D eigenvalue weighted by Crippen LogP contribution is -2.50. The van der Waals surface area contributed by atoms with Crippen LogP contribution in [-0.4, -0.2) is 73.5 Å². The Morgan fingerprint density at radius 1 is 1.06 bits per heavy atom. The molecule has 1 fully saturated rings. The quantitative estimate of drug-likeness (QED) is 0.568. The molecule has 2 aromatic carbocycles. The third-order valence-electron chi connectivity index (χ3n) is 5.01. The van der Waals surface area contributed by atoms with E-state index < -0.39 is 28.0 Å². The van der Waals surface area contributed by atoms with Crippen LogP contribution in [0.3, 0.4) is 0 Å². The molecule has 2 N–H and O–H groups in total. The lowest BCUT2D eigenvalue weighted by Gasteiger charge is -2.30. The molecule has 35 heavy (non-hydrogen) atoms. The minimum absolute atomic E-state index is 0.00518. The van der Waals surface area contributed by atoms with Gasteiger partial charge in [0.15, 0.2) is 0 Å². The molecule has 0 aromatic heterocycles. The summed E-state index contributed by atoms with van der Waals surface area (Å²) in [5, 5.41) is 10.3. The summed E-state index contributed by atoms with van der Waals surface area (Å²) >= 11 is 0. The van der Waals surface area contributed by atoms with E-state index in [2.05, 4.69) is 5.32 Å². The van der Waals surface area contributed by atoms with Crippen LogP contribution in [0.5, 0.6) is 0 Å². The number of rotatable bonds is 6. The fourth-order valence-electron chi connectivity index (χ4n) is 3.17. The van der Waals surface area contributed by atoms with Crippen LogP contribution in [0.25, 0.3) is 0 Å². The maximum atomic E-state index is 13.3. The predicted molar refractivity (Wildman–Crippen MR) is 118 cm³/mol. The van der Waals surface area contributed by atoms with Gasteiger partial charge in [-0.05, 0) is 36.2 Å². The number of aliphatic carboxylic acids is 1. The summed E-state index contributed by atoms with van der Waals surface area (Å²) in [5.74, 6) is -3.39. The van der Waals surface area contributed by atoms with Gasteiger partial charge in [0.1, 0.15) is 5.82 Å². The van der Waals surface area contributed by atoms with E-state index in [1.165, 1.54) is 34.6 Å². The number of nitrogens with zero attached hydrogens (tertiary/aromatic N) is 2. The molecule has 1 amide bonds. The summed E-state index contributed by atoms with van der Waals surface area (Å²) in [7, 11) is -3.90. The first kappa shape index (κ1) is 28.2. The third-order valence-corrected chi connectivity index (χ3v) is 6.96. The molecule has 1 aliphatic heterocycles. The maximum absolute atomic E-state index is 13.3. The van der Waals surface area contributed by atoms with Gasteiger partial charge in [0.05, 0.1) is 11.4 Å². The highest BCUT2D eigenvalue weighted by atomic mass is 32.2. The lowest BCUT2D eigenvalue weighted by atomic mass is 10.2. The van der Waals surface area contributed by atoms with Gasteiger partial charge in [-0.15, -0.1) is 0 Å². The minimum Gasteiger partial charge on any atom is -0.475 e. The van der Waals surface area contributed by atoms with Crippen LogP contribution in [0.1, 0.15) is 11.1 Å². The third kappa shape index (κ3) is 8.30. The van der Waals surface area contributed by atoms with Gasteiger partial charge in [-0.2, -0.15) is 17.5 Å². The topological polar surface area (TPSA) is 107 Å². The molecule has 0 spiro atoms. The number of sulfonamides is 1. The Morgan fingerprint density at radius 3 is 2.11 bits per heavy atom. The molecule has 192 valence electrons. The zero-order valence-electron chi connectivity index (χ0n) is 18.8. The maximum Gasteiger partial charge on any atom is 0.490 e. The number of hydrogen-bond donors (Lipinski definition) is 2. The molecule has 8 nitrogen and oxygen atoms in total. The van der Waals surface area contributed by atoms with E-state index in [0.29, 0.717) is 37.3 Å². The van der Waals surface area contributed by atoms with Gasteiger partial charge in [0.2, 0.25) is 15.9 Å². The molecule has 0 bridgehead atoms. The molecule has 0 saturated carbocycles. The smallest absolute Gasteiger partial charge is 0.475 e. The number of alkyl halides is 3. The Balaban J connectivity index is 0.000000540. The van der Waals surface area contributed by atoms with Crippen molar-refractivity contribution in [1.82, 2.24) is 14.5 Å². The second-order valence-corrected chi connectivity index (χ2v) is 9.51. The molecule has 1 aliphatic rings. The number of carboxylic acids is 1. The number of nitrogens with one attached hydrogen (secondary N) is 1. The van der Waals surface area contributed by atoms with Gasteiger partial charge in [-0.25, -0.2) is 17.6 Å². The fourth-order valence-corrected chi connectivity index (χ4v) is 4.77. The van der Waals surface area contributed by atoms with Crippen molar-refractivity contribution in [2.24, 2.45) is 0 Å². The number of benzene rings is 2. The van der Waals surface area contributed by atoms with Gasteiger partial charge in [0, 0.05) is 32.7 Å². The predicted octanol–water partition coefficient (Wildman–Crippen LogP) is 2.39. The van der Waals surface area contributed by atoms with Crippen molar-refractivity contribution >= 4 is 21.9 Å². The zero-order chi connectivity index (χ0) is 26.2. The normalized spacial score (nSPS) is 14.3. The van der Waals surface area contributed by atoms with Crippen molar-refractivity contribution in [3.05, 3.63) is 65.5 Å². The van der Waals surface area contributed by atoms with Crippen molar-refractivity contribution < 1.29 is 40.7 Å². The van der Waals surface area contributed by atoms with Crippen molar-refractivity contribution in [3.8, 4) is 0 Å². The van der Waals surface area contributed by atoms with E-state index in [0.717, 1.165) is 0 Å². The molecule has 13 heteroatoms. The first-order valence-electron chi connectivity index (χ1n) is 10.4. The average molecular weight is 520 g/mol. The summed E-state index contributed by atoms with van der Waals surface area (Å²) in [5.41, 5.74) is 1.23. The Labute approximate surface area is 200 Å². The van der Waals surface area contributed by atoms with Gasteiger partial charge in [-0.1, -0.05) is 30.3 Å². The molecular weight excluding hydrogens is 494 g/mol. The van der Waals surface area contributed by atoms with E-state index in [-0.39, 0.29) is 23.9 Å². The van der Waals surface area contributed by atoms with Crippen molar-refractivity contribution in [1.29, 1.82) is 0 Å². The Morgan fingerprint density at radius 2 is 1.60 bits per heavy atom. The first-order chi connectivity index (χ1) is 16.3. The highest BCUT2D eigenvalue weighted by Crippen LogP contribution is 2.22. The molecule has 0 atom stereocenters. The van der Waals surface area contributed by atoms with Crippen LogP contribution in [0.15, 0.2) is 53.4 Å². The number of piperazine rings is 1. The summed E-state index contributed by atoms with van der Waals surface area (Å²) in [6, 6.07) is 12.3. The van der Waals surface area contributed by atoms with Crippen molar-refractivity contribution in [2.45, 2.75) is 24.5 Å². The second kappa shape index (κ2) is 12.1. The number of halogens is 4. The Kier molecular flexibility index (Phi) is 9.74. The number of hydrogen-bond acceptors (Lipinski definition) is 5. The summed E-state index contributed by atoms with van der Waals surface area (Å²) in [6.07, 6.45) is -5.08. The van der Waals surface area contributed by atoms with E-state index in [9.17, 15) is 30.8 Å². The average Bonchev–Trinajstić information content (AvgIpc) is 2.80. The number of carbonyl (C=O) groups is 2. The molecule has 0 radical (unpaired) electrons. The SMILES string of the molecule is Cc1ccccc1S(=O)(=O)N(CC(=O)N1CCNCC1)Cc1ccc(F)cc1.O=C(O)C(F)(F)F. The first-order valence-corrected chi connectivity index (χ1v) is 11.8. The summed E-state index contributed by atoms with van der Waals surface area (Å²) in [6.45, 7) is 3.94. The highest BCUT2D eigenvalue weighted by molar-refractivity contribution is 7.89. The number of carbonyl (C=O) groups excluding carboxylic acids is 1. The van der Waals surface area contributed by atoms with E-state index in [1.54, 1.807) is 30.0 Å². The van der Waals surface area contributed by atoms with Crippen molar-refractivity contribution in [2.75, 3.05) is 32.7 Å². The van der Waals surface area contributed by atoms with Gasteiger partial charge in [-0.3, -0.25) is 4.79 Å². The molecule has 1 saturated heterocycles. The summed E-state index contributed by atoms with van der Waals surface area (Å²) < 4.78 is 72.8. The van der Waals surface area contributed by atoms with Gasteiger partial charge in [0.25, 0.3) is 0 Å². The highest BCUT2D eigenvalue weighted by Gasteiger charge is 2.38. The monoisotopic (exact) mass is 519 g/mol. The molecule has 3 rings (SSSR count). The van der Waals surface area contributed by atoms with Gasteiger partial charge < -0.3 is 15.3 Å². The van der Waals surface area contributed by atoms with E-state index in [1.807, 2.05) is 0 Å². The lowest BCUT2D eigenvalue weighted by molar-refractivity contribution is -0.192.